The summed E-state index contributed by atoms with van der Waals surface area (Å²) in [6.07, 6.45) is 2.08. The molecule has 0 saturated heterocycles. The first-order valence-corrected chi connectivity index (χ1v) is 10.2. The average Bonchev–Trinajstić information content (AvgIpc) is 3.07. The second-order valence-electron chi connectivity index (χ2n) is 8.19. The summed E-state index contributed by atoms with van der Waals surface area (Å²) >= 11 is 0. The second kappa shape index (κ2) is 7.27. The number of carboxylic acid groups (broad SMARTS) is 1. The molecule has 0 spiro atoms. The third-order valence-corrected chi connectivity index (χ3v) is 6.32. The van der Waals surface area contributed by atoms with Crippen molar-refractivity contribution in [2.24, 2.45) is 7.05 Å². The zero-order valence-corrected chi connectivity index (χ0v) is 18.0. The molecule has 0 fully saturated rings. The SMILES string of the molecule is CCC(C)(C(=O)O)n1c(=O)c2ccccc2n(Cc2cn(C)c3cccc(C)c23)c1=O. The fraction of sp³-hybridized carbons (Fsp3) is 0.292. The van der Waals surface area contributed by atoms with Gasteiger partial charge in [0.25, 0.3) is 5.56 Å². The van der Waals surface area contributed by atoms with Crippen LogP contribution >= 0.6 is 0 Å². The van der Waals surface area contributed by atoms with E-state index in [0.717, 1.165) is 26.6 Å². The molecule has 2 heterocycles. The predicted molar refractivity (Wildman–Crippen MR) is 121 cm³/mol. The van der Waals surface area contributed by atoms with E-state index in [1.54, 1.807) is 31.2 Å². The Bertz CT molecular complexity index is 1460. The van der Waals surface area contributed by atoms with E-state index in [-0.39, 0.29) is 13.0 Å². The number of hydrogen-bond donors (Lipinski definition) is 1. The Balaban J connectivity index is 2.08. The third-order valence-electron chi connectivity index (χ3n) is 6.32. The van der Waals surface area contributed by atoms with Crippen molar-refractivity contribution in [3.05, 3.63) is 80.6 Å². The highest BCUT2D eigenvalue weighted by Crippen LogP contribution is 2.26. The molecule has 2 aromatic carbocycles. The van der Waals surface area contributed by atoms with Crippen LogP contribution in [0.1, 0.15) is 31.4 Å². The van der Waals surface area contributed by atoms with Crippen molar-refractivity contribution < 1.29 is 9.90 Å². The molecule has 0 amide bonds. The van der Waals surface area contributed by atoms with Gasteiger partial charge in [-0.05, 0) is 49.6 Å². The largest absolute Gasteiger partial charge is 0.479 e. The van der Waals surface area contributed by atoms with Crippen molar-refractivity contribution in [1.29, 1.82) is 0 Å². The molecular formula is C24H25N3O4. The number of rotatable bonds is 5. The van der Waals surface area contributed by atoms with Crippen LogP contribution in [0.3, 0.4) is 0 Å². The highest BCUT2D eigenvalue weighted by Gasteiger charge is 2.37. The summed E-state index contributed by atoms with van der Waals surface area (Å²) in [6.45, 7) is 5.32. The molecule has 1 unspecified atom stereocenters. The van der Waals surface area contributed by atoms with Crippen LogP contribution in [0.25, 0.3) is 21.8 Å². The van der Waals surface area contributed by atoms with Gasteiger partial charge in [0.15, 0.2) is 0 Å². The molecular weight excluding hydrogens is 394 g/mol. The Labute approximate surface area is 178 Å². The lowest BCUT2D eigenvalue weighted by atomic mass is 9.98. The summed E-state index contributed by atoms with van der Waals surface area (Å²) < 4.78 is 4.42. The van der Waals surface area contributed by atoms with Crippen LogP contribution in [0, 0.1) is 6.92 Å². The van der Waals surface area contributed by atoms with E-state index in [9.17, 15) is 19.5 Å². The number of aromatic nitrogens is 3. The lowest BCUT2D eigenvalue weighted by molar-refractivity contribution is -0.147. The number of para-hydroxylation sites is 1. The minimum atomic E-state index is -1.64. The molecule has 0 radical (unpaired) electrons. The Hall–Kier alpha value is -3.61. The predicted octanol–water partition coefficient (Wildman–Crippen LogP) is 3.22. The molecule has 0 bridgehead atoms. The van der Waals surface area contributed by atoms with Gasteiger partial charge in [-0.2, -0.15) is 0 Å². The first kappa shape index (κ1) is 20.7. The molecule has 2 aromatic heterocycles. The van der Waals surface area contributed by atoms with Gasteiger partial charge in [-0.1, -0.05) is 31.2 Å². The van der Waals surface area contributed by atoms with Gasteiger partial charge in [0.1, 0.15) is 5.54 Å². The van der Waals surface area contributed by atoms with E-state index >= 15 is 0 Å². The third kappa shape index (κ3) is 3.00. The molecule has 0 saturated carbocycles. The number of aliphatic carboxylic acids is 1. The Morgan fingerprint density at radius 3 is 2.42 bits per heavy atom. The maximum atomic E-state index is 13.6. The van der Waals surface area contributed by atoms with E-state index in [2.05, 4.69) is 0 Å². The molecule has 0 aliphatic rings. The number of benzene rings is 2. The maximum absolute atomic E-state index is 13.6. The van der Waals surface area contributed by atoms with Crippen molar-refractivity contribution >= 4 is 27.8 Å². The Kier molecular flexibility index (Phi) is 4.84. The molecule has 4 aromatic rings. The molecule has 1 N–H and O–H groups in total. The topological polar surface area (TPSA) is 86.2 Å². The van der Waals surface area contributed by atoms with Crippen molar-refractivity contribution in [3.63, 3.8) is 0 Å². The summed E-state index contributed by atoms with van der Waals surface area (Å²) in [6, 6.07) is 12.9. The Morgan fingerprint density at radius 2 is 1.74 bits per heavy atom. The summed E-state index contributed by atoms with van der Waals surface area (Å²) in [5, 5.41) is 11.2. The fourth-order valence-corrected chi connectivity index (χ4v) is 4.34. The molecule has 7 nitrogen and oxygen atoms in total. The molecule has 7 heteroatoms. The van der Waals surface area contributed by atoms with Crippen LogP contribution in [0.15, 0.2) is 58.3 Å². The van der Waals surface area contributed by atoms with Crippen LogP contribution in [0.2, 0.25) is 0 Å². The number of hydrogen-bond acceptors (Lipinski definition) is 3. The lowest BCUT2D eigenvalue weighted by Crippen LogP contribution is -2.54. The number of carbonyl (C=O) groups is 1. The van der Waals surface area contributed by atoms with Gasteiger partial charge in [-0.15, -0.1) is 0 Å². The van der Waals surface area contributed by atoms with Crippen molar-refractivity contribution in [2.45, 2.75) is 39.3 Å². The van der Waals surface area contributed by atoms with Gasteiger partial charge < -0.3 is 9.67 Å². The first-order chi connectivity index (χ1) is 14.7. The van der Waals surface area contributed by atoms with Gasteiger partial charge in [0.2, 0.25) is 0 Å². The minimum absolute atomic E-state index is 0.100. The number of fused-ring (bicyclic) bond motifs is 2. The molecule has 160 valence electrons. The molecule has 4 rings (SSSR count). The molecule has 1 atom stereocenters. The van der Waals surface area contributed by atoms with E-state index in [1.807, 2.05) is 42.9 Å². The van der Waals surface area contributed by atoms with Gasteiger partial charge >= 0.3 is 11.7 Å². The zero-order valence-electron chi connectivity index (χ0n) is 18.0. The summed E-state index contributed by atoms with van der Waals surface area (Å²) in [5.74, 6) is -1.21. The first-order valence-electron chi connectivity index (χ1n) is 10.2. The highest BCUT2D eigenvalue weighted by atomic mass is 16.4. The van der Waals surface area contributed by atoms with Crippen molar-refractivity contribution in [3.8, 4) is 0 Å². The van der Waals surface area contributed by atoms with Crippen LogP contribution in [-0.2, 0) is 23.9 Å². The molecule has 0 aliphatic heterocycles. The van der Waals surface area contributed by atoms with Gasteiger partial charge in [-0.25, -0.2) is 14.2 Å². The van der Waals surface area contributed by atoms with E-state index < -0.39 is 22.8 Å². The quantitative estimate of drug-likeness (QED) is 0.538. The number of nitrogens with zero attached hydrogens (tertiary/aromatic N) is 3. The fourth-order valence-electron chi connectivity index (χ4n) is 4.34. The van der Waals surface area contributed by atoms with Crippen LogP contribution in [0.5, 0.6) is 0 Å². The molecule has 31 heavy (non-hydrogen) atoms. The van der Waals surface area contributed by atoms with Crippen molar-refractivity contribution in [2.75, 3.05) is 0 Å². The van der Waals surface area contributed by atoms with Crippen LogP contribution in [-0.4, -0.2) is 24.8 Å². The Morgan fingerprint density at radius 1 is 1.06 bits per heavy atom. The maximum Gasteiger partial charge on any atom is 0.332 e. The number of aryl methyl sites for hydroxylation is 2. The van der Waals surface area contributed by atoms with Crippen molar-refractivity contribution in [1.82, 2.24) is 13.7 Å². The average molecular weight is 419 g/mol. The lowest BCUT2D eigenvalue weighted by Gasteiger charge is -2.26. The zero-order chi connectivity index (χ0) is 22.5. The smallest absolute Gasteiger partial charge is 0.332 e. The number of carboxylic acids is 1. The normalized spacial score (nSPS) is 13.5. The van der Waals surface area contributed by atoms with Gasteiger partial charge in [-0.3, -0.25) is 9.36 Å². The summed E-state index contributed by atoms with van der Waals surface area (Å²) in [4.78, 5) is 38.9. The summed E-state index contributed by atoms with van der Waals surface area (Å²) in [7, 11) is 1.95. The van der Waals surface area contributed by atoms with E-state index in [0.29, 0.717) is 10.9 Å². The monoisotopic (exact) mass is 419 g/mol. The van der Waals surface area contributed by atoms with E-state index in [1.165, 1.54) is 11.5 Å². The second-order valence-corrected chi connectivity index (χ2v) is 8.19. The van der Waals surface area contributed by atoms with Gasteiger partial charge in [0.05, 0.1) is 17.4 Å². The van der Waals surface area contributed by atoms with E-state index in [4.69, 9.17) is 0 Å². The van der Waals surface area contributed by atoms with Gasteiger partial charge in [0, 0.05) is 24.1 Å². The minimum Gasteiger partial charge on any atom is -0.479 e. The standard InChI is InChI=1S/C24H25N3O4/c1-5-24(3,22(29)30)27-21(28)17-10-6-7-11-18(17)26(23(27)31)14-16-13-25(4)19-12-8-9-15(2)20(16)19/h6-13H,5,14H2,1-4H3,(H,29,30). The highest BCUT2D eigenvalue weighted by molar-refractivity contribution is 5.87. The van der Waals surface area contributed by atoms with Crippen LogP contribution < -0.4 is 11.2 Å². The summed E-state index contributed by atoms with van der Waals surface area (Å²) in [5.41, 5.74) is 0.699. The molecule has 0 aliphatic carbocycles. The van der Waals surface area contributed by atoms with Crippen LogP contribution in [0.4, 0.5) is 0 Å².